The number of rotatable bonds is 2. The highest BCUT2D eigenvalue weighted by atomic mass is 19.1. The molecule has 1 aliphatic rings. The second-order valence-electron chi connectivity index (χ2n) is 7.35. The molecule has 1 aromatic carbocycles. The van der Waals surface area contributed by atoms with Crippen molar-refractivity contribution in [2.45, 2.75) is 51.6 Å². The Morgan fingerprint density at radius 2 is 2.00 bits per heavy atom. The molecular formula is C18H23FN4O2. The fraction of sp³-hybridized carbons (Fsp3) is 0.500. The van der Waals surface area contributed by atoms with E-state index in [-0.39, 0.29) is 23.4 Å². The minimum Gasteiger partial charge on any atom is -0.337 e. The summed E-state index contributed by atoms with van der Waals surface area (Å²) in [4.78, 5) is 18.8. The van der Waals surface area contributed by atoms with E-state index in [4.69, 9.17) is 4.52 Å². The summed E-state index contributed by atoms with van der Waals surface area (Å²) in [6.07, 6.45) is 2.73. The second-order valence-corrected chi connectivity index (χ2v) is 7.35. The van der Waals surface area contributed by atoms with Crippen molar-refractivity contribution in [1.82, 2.24) is 20.4 Å². The molecule has 1 N–H and O–H groups in total. The summed E-state index contributed by atoms with van der Waals surface area (Å²) in [7, 11) is 0. The molecule has 1 atom stereocenters. The van der Waals surface area contributed by atoms with E-state index in [1.807, 2.05) is 20.8 Å². The summed E-state index contributed by atoms with van der Waals surface area (Å²) in [5.41, 5.74) is 0.366. The van der Waals surface area contributed by atoms with Gasteiger partial charge in [-0.05, 0) is 64.3 Å². The van der Waals surface area contributed by atoms with Crippen LogP contribution in [0, 0.1) is 5.82 Å². The van der Waals surface area contributed by atoms with Gasteiger partial charge in [-0.2, -0.15) is 4.98 Å². The number of hydrogen-bond acceptors (Lipinski definition) is 4. The third kappa shape index (κ3) is 4.15. The molecule has 1 unspecified atom stereocenters. The molecule has 134 valence electrons. The predicted octanol–water partition coefficient (Wildman–Crippen LogP) is 3.91. The quantitative estimate of drug-likeness (QED) is 0.895. The Hall–Kier alpha value is -2.44. The molecule has 1 fully saturated rings. The Morgan fingerprint density at radius 1 is 1.28 bits per heavy atom. The van der Waals surface area contributed by atoms with E-state index >= 15 is 0 Å². The van der Waals surface area contributed by atoms with Gasteiger partial charge >= 0.3 is 6.03 Å². The van der Waals surface area contributed by atoms with Crippen molar-refractivity contribution in [2.75, 3.05) is 6.54 Å². The SMILES string of the molecule is CC(C)(C)NC(=O)N1CCCCC1c1nc(-c2ccc(F)cc2)no1. The number of urea groups is 1. The molecule has 2 heterocycles. The molecule has 0 radical (unpaired) electrons. The molecule has 3 rings (SSSR count). The first-order valence-corrected chi connectivity index (χ1v) is 8.52. The highest BCUT2D eigenvalue weighted by Crippen LogP contribution is 2.31. The van der Waals surface area contributed by atoms with Crippen LogP contribution in [0.1, 0.15) is 52.0 Å². The number of aromatic nitrogens is 2. The maximum absolute atomic E-state index is 13.1. The van der Waals surface area contributed by atoms with E-state index in [2.05, 4.69) is 15.5 Å². The van der Waals surface area contributed by atoms with Crippen LogP contribution in [-0.2, 0) is 0 Å². The van der Waals surface area contributed by atoms with Gasteiger partial charge < -0.3 is 14.7 Å². The summed E-state index contributed by atoms with van der Waals surface area (Å²) in [5, 5.41) is 6.98. The number of nitrogens with one attached hydrogen (secondary N) is 1. The van der Waals surface area contributed by atoms with E-state index in [9.17, 15) is 9.18 Å². The molecule has 6 nitrogen and oxygen atoms in total. The largest absolute Gasteiger partial charge is 0.337 e. The molecule has 1 aliphatic heterocycles. The van der Waals surface area contributed by atoms with Crippen LogP contribution >= 0.6 is 0 Å². The van der Waals surface area contributed by atoms with Crippen LogP contribution in [0.25, 0.3) is 11.4 Å². The molecule has 0 saturated carbocycles. The van der Waals surface area contributed by atoms with Crippen LogP contribution in [0.15, 0.2) is 28.8 Å². The van der Waals surface area contributed by atoms with Crippen LogP contribution in [0.4, 0.5) is 9.18 Å². The number of likely N-dealkylation sites (tertiary alicyclic amines) is 1. The maximum Gasteiger partial charge on any atom is 0.318 e. The number of piperidine rings is 1. The van der Waals surface area contributed by atoms with Crippen LogP contribution in [0.2, 0.25) is 0 Å². The van der Waals surface area contributed by atoms with Gasteiger partial charge in [0.2, 0.25) is 11.7 Å². The van der Waals surface area contributed by atoms with E-state index in [1.165, 1.54) is 12.1 Å². The fourth-order valence-electron chi connectivity index (χ4n) is 2.91. The average Bonchev–Trinajstić information content (AvgIpc) is 3.04. The molecule has 25 heavy (non-hydrogen) atoms. The van der Waals surface area contributed by atoms with Crippen LogP contribution in [0.3, 0.4) is 0 Å². The number of benzene rings is 1. The molecule has 2 amide bonds. The minimum atomic E-state index is -0.315. The van der Waals surface area contributed by atoms with Crippen molar-refractivity contribution in [3.8, 4) is 11.4 Å². The molecular weight excluding hydrogens is 323 g/mol. The number of amides is 2. The van der Waals surface area contributed by atoms with E-state index in [0.717, 1.165) is 19.3 Å². The van der Waals surface area contributed by atoms with Gasteiger partial charge in [0.05, 0.1) is 0 Å². The smallest absolute Gasteiger partial charge is 0.318 e. The molecule has 1 aromatic heterocycles. The van der Waals surface area contributed by atoms with Crippen LogP contribution < -0.4 is 5.32 Å². The van der Waals surface area contributed by atoms with Crippen molar-refractivity contribution in [3.63, 3.8) is 0 Å². The topological polar surface area (TPSA) is 71.3 Å². The van der Waals surface area contributed by atoms with E-state index < -0.39 is 0 Å². The lowest BCUT2D eigenvalue weighted by atomic mass is 10.0. The number of halogens is 1. The number of nitrogens with zero attached hydrogens (tertiary/aromatic N) is 3. The fourth-order valence-corrected chi connectivity index (χ4v) is 2.91. The van der Waals surface area contributed by atoms with Crippen molar-refractivity contribution in [3.05, 3.63) is 36.0 Å². The van der Waals surface area contributed by atoms with Gasteiger partial charge in [0.15, 0.2) is 0 Å². The lowest BCUT2D eigenvalue weighted by Crippen LogP contribution is -2.50. The Kier molecular flexibility index (Phi) is 4.74. The summed E-state index contributed by atoms with van der Waals surface area (Å²) in [6.45, 7) is 6.50. The third-order valence-corrected chi connectivity index (χ3v) is 4.07. The second kappa shape index (κ2) is 6.82. The first-order valence-electron chi connectivity index (χ1n) is 8.52. The van der Waals surface area contributed by atoms with Crippen molar-refractivity contribution in [1.29, 1.82) is 0 Å². The summed E-state index contributed by atoms with van der Waals surface area (Å²) < 4.78 is 18.5. The van der Waals surface area contributed by atoms with Gasteiger partial charge in [0.1, 0.15) is 11.9 Å². The summed E-state index contributed by atoms with van der Waals surface area (Å²) in [6, 6.07) is 5.56. The van der Waals surface area contributed by atoms with Gasteiger partial charge in [0, 0.05) is 17.6 Å². The molecule has 1 saturated heterocycles. The lowest BCUT2D eigenvalue weighted by molar-refractivity contribution is 0.126. The average molecular weight is 346 g/mol. The van der Waals surface area contributed by atoms with Gasteiger partial charge in [-0.1, -0.05) is 5.16 Å². The standard InChI is InChI=1S/C18H23FN4O2/c1-18(2,3)21-17(24)23-11-5-4-6-14(23)16-20-15(22-25-16)12-7-9-13(19)10-8-12/h7-10,14H,4-6,11H2,1-3H3,(H,21,24). The number of carbonyl (C=O) groups is 1. The zero-order valence-corrected chi connectivity index (χ0v) is 14.8. The normalized spacial score (nSPS) is 18.2. The highest BCUT2D eigenvalue weighted by Gasteiger charge is 2.33. The zero-order valence-electron chi connectivity index (χ0n) is 14.8. The first-order chi connectivity index (χ1) is 11.8. The van der Waals surface area contributed by atoms with E-state index in [1.54, 1.807) is 17.0 Å². The molecule has 7 heteroatoms. The molecule has 0 aliphatic carbocycles. The van der Waals surface area contributed by atoms with Crippen LogP contribution in [0.5, 0.6) is 0 Å². The van der Waals surface area contributed by atoms with Crippen molar-refractivity contribution < 1.29 is 13.7 Å². The van der Waals surface area contributed by atoms with Crippen molar-refractivity contribution >= 4 is 6.03 Å². The third-order valence-electron chi connectivity index (χ3n) is 4.07. The van der Waals surface area contributed by atoms with Crippen LogP contribution in [-0.4, -0.2) is 33.2 Å². The summed E-state index contributed by atoms with van der Waals surface area (Å²) >= 11 is 0. The Morgan fingerprint density at radius 3 is 2.68 bits per heavy atom. The monoisotopic (exact) mass is 346 g/mol. The maximum atomic E-state index is 13.1. The van der Waals surface area contributed by atoms with E-state index in [0.29, 0.717) is 23.8 Å². The Balaban J connectivity index is 1.81. The Labute approximate surface area is 146 Å². The van der Waals surface area contributed by atoms with Gasteiger partial charge in [-0.15, -0.1) is 0 Å². The van der Waals surface area contributed by atoms with Gasteiger partial charge in [-0.3, -0.25) is 0 Å². The lowest BCUT2D eigenvalue weighted by Gasteiger charge is -2.35. The number of hydrogen-bond donors (Lipinski definition) is 1. The van der Waals surface area contributed by atoms with Gasteiger partial charge in [0.25, 0.3) is 0 Å². The zero-order chi connectivity index (χ0) is 18.0. The number of carbonyl (C=O) groups excluding carboxylic acids is 1. The van der Waals surface area contributed by atoms with Crippen molar-refractivity contribution in [2.24, 2.45) is 0 Å². The molecule has 0 bridgehead atoms. The first kappa shape index (κ1) is 17.4. The Bertz CT molecular complexity index is 736. The predicted molar refractivity (Wildman–Crippen MR) is 91.3 cm³/mol. The molecule has 0 spiro atoms. The summed E-state index contributed by atoms with van der Waals surface area (Å²) in [5.74, 6) is 0.504. The minimum absolute atomic E-state index is 0.126. The van der Waals surface area contributed by atoms with Gasteiger partial charge in [-0.25, -0.2) is 9.18 Å². The molecule has 2 aromatic rings. The highest BCUT2D eigenvalue weighted by molar-refractivity contribution is 5.75.